The molecule has 0 radical (unpaired) electrons. The molecular formula is H4B2OS. The van der Waals surface area contributed by atoms with E-state index >= 15 is 0 Å². The van der Waals surface area contributed by atoms with Crippen molar-refractivity contribution in [3.8, 4) is 0 Å². The third kappa shape index (κ3) is 2.44. The van der Waals surface area contributed by atoms with Crippen LogP contribution in [0.4, 0.5) is 0 Å². The van der Waals surface area contributed by atoms with Crippen molar-refractivity contribution in [3.63, 3.8) is 0 Å². The average Bonchev–Trinajstić information content (AvgIpc) is 1.37. The van der Waals surface area contributed by atoms with Crippen LogP contribution in [0.2, 0.25) is 0 Å². The Hall–Kier alpha value is 0.440. The number of hydrogen-bond acceptors (Lipinski definition) is 2. The van der Waals surface area contributed by atoms with Gasteiger partial charge in [0, 0.05) is 0 Å². The highest BCUT2D eigenvalue weighted by Crippen LogP contribution is 1.62. The first-order valence-electron chi connectivity index (χ1n) is 1.18. The summed E-state index contributed by atoms with van der Waals surface area (Å²) in [6, 6.07) is 0. The fourth-order valence-corrected chi connectivity index (χ4v) is 0. The molecule has 0 aliphatic heterocycles. The molecule has 0 amide bonds. The Bertz CT molecular complexity index is 8.00. The summed E-state index contributed by atoms with van der Waals surface area (Å²) in [5.74, 6) is 0. The van der Waals surface area contributed by atoms with Crippen molar-refractivity contribution in [2.45, 2.75) is 0 Å². The average molecular weight is 73.7 g/mol. The van der Waals surface area contributed by atoms with Crippen LogP contribution >= 0.6 is 12.9 Å². The van der Waals surface area contributed by atoms with Crippen LogP contribution in [0.15, 0.2) is 0 Å². The van der Waals surface area contributed by atoms with Crippen molar-refractivity contribution < 1.29 is 4.10 Å². The van der Waals surface area contributed by atoms with Gasteiger partial charge < -0.3 is 4.10 Å². The summed E-state index contributed by atoms with van der Waals surface area (Å²) >= 11 is 3.42. The zero-order chi connectivity index (χ0) is 3.41. The van der Waals surface area contributed by atoms with Crippen molar-refractivity contribution in [1.29, 1.82) is 0 Å². The Morgan fingerprint density at radius 1 is 2.00 bits per heavy atom. The molecule has 0 heterocycles. The first kappa shape index (κ1) is 4.44. The standard InChI is InChI=1S/B2H4OS/c1-2-3-4/h2,4H,1H2. The summed E-state index contributed by atoms with van der Waals surface area (Å²) in [4.78, 5) is 0. The molecule has 0 bridgehead atoms. The van der Waals surface area contributed by atoms with Gasteiger partial charge in [-0.15, -0.1) is 0 Å². The molecule has 0 N–H and O–H groups in total. The third-order valence-corrected chi connectivity index (χ3v) is 0.387. The highest BCUT2D eigenvalue weighted by atomic mass is 32.1. The second-order valence-electron chi connectivity index (χ2n) is 0.418. The predicted molar refractivity (Wildman–Crippen MR) is 25.8 cm³/mol. The lowest BCUT2D eigenvalue weighted by Gasteiger charge is -1.71. The van der Waals surface area contributed by atoms with Gasteiger partial charge in [-0.2, -0.15) is 0 Å². The van der Waals surface area contributed by atoms with E-state index in [1.807, 2.05) is 7.74 Å². The Morgan fingerprint density at radius 2 is 2.25 bits per heavy atom. The second kappa shape index (κ2) is 3.44. The molecule has 0 aromatic carbocycles. The topological polar surface area (TPSA) is 9.23 Å². The molecule has 0 rings (SSSR count). The Balaban J connectivity index is 1.97. The first-order chi connectivity index (χ1) is 1.91. The maximum absolute atomic E-state index is 4.24. The van der Waals surface area contributed by atoms with E-state index in [-0.39, 0.29) is 0 Å². The summed E-state index contributed by atoms with van der Waals surface area (Å²) in [6.07, 6.45) is 0. The van der Waals surface area contributed by atoms with Crippen molar-refractivity contribution >= 4 is 28.0 Å². The van der Waals surface area contributed by atoms with Gasteiger partial charge in [-0.25, -0.2) is 0 Å². The van der Waals surface area contributed by atoms with Crippen LogP contribution in [-0.2, 0) is 4.10 Å². The smallest absolute Gasteiger partial charge is 0.249 e. The number of hydrogen-bond donors (Lipinski definition) is 1. The zero-order valence-electron chi connectivity index (χ0n) is 2.56. The van der Waals surface area contributed by atoms with Crippen molar-refractivity contribution in [2.75, 3.05) is 0 Å². The van der Waals surface area contributed by atoms with E-state index in [9.17, 15) is 0 Å². The molecule has 0 atom stereocenters. The Morgan fingerprint density at radius 3 is 2.25 bits per heavy atom. The number of rotatable bonds is 1. The van der Waals surface area contributed by atoms with E-state index in [0.717, 1.165) is 0 Å². The SMILES string of the molecule is BBOS. The van der Waals surface area contributed by atoms with E-state index in [0.29, 0.717) is 7.37 Å². The monoisotopic (exact) mass is 74.0 g/mol. The van der Waals surface area contributed by atoms with Crippen molar-refractivity contribution in [3.05, 3.63) is 0 Å². The van der Waals surface area contributed by atoms with Crippen LogP contribution in [0, 0.1) is 0 Å². The molecule has 0 aromatic rings. The normalized spacial score (nSPS) is 6.25. The van der Waals surface area contributed by atoms with E-state index in [4.69, 9.17) is 0 Å². The van der Waals surface area contributed by atoms with Gasteiger partial charge in [0.1, 0.15) is 7.74 Å². The molecule has 0 saturated carbocycles. The molecule has 0 aliphatic rings. The minimum atomic E-state index is 0.684. The van der Waals surface area contributed by atoms with E-state index in [1.54, 1.807) is 0 Å². The van der Waals surface area contributed by atoms with Gasteiger partial charge >= 0.3 is 0 Å². The van der Waals surface area contributed by atoms with Crippen LogP contribution in [0.5, 0.6) is 0 Å². The molecule has 1 nitrogen and oxygen atoms in total. The summed E-state index contributed by atoms with van der Waals surface area (Å²) in [5.41, 5.74) is 0. The molecule has 0 fully saturated rings. The quantitative estimate of drug-likeness (QED) is 0.232. The van der Waals surface area contributed by atoms with E-state index < -0.39 is 0 Å². The lowest BCUT2D eigenvalue weighted by molar-refractivity contribution is 0.732. The van der Waals surface area contributed by atoms with Crippen molar-refractivity contribution in [2.24, 2.45) is 0 Å². The maximum Gasteiger partial charge on any atom is 0.249 e. The number of thiol groups is 1. The maximum atomic E-state index is 4.24. The lowest BCUT2D eigenvalue weighted by Crippen LogP contribution is -1.82. The van der Waals surface area contributed by atoms with Gasteiger partial charge in [0.05, 0.1) is 0 Å². The fraction of sp³-hybridized carbons (Fsp3) is 0. The first-order valence-corrected chi connectivity index (χ1v) is 1.54. The molecule has 0 unspecified atom stereocenters. The molecule has 22 valence electrons. The van der Waals surface area contributed by atoms with Crippen LogP contribution in [-0.4, -0.2) is 15.1 Å². The Kier molecular flexibility index (Phi) is 3.82. The lowest BCUT2D eigenvalue weighted by atomic mass is 9.73. The van der Waals surface area contributed by atoms with Crippen LogP contribution < -0.4 is 0 Å². The van der Waals surface area contributed by atoms with Gasteiger partial charge in [-0.1, -0.05) is 0 Å². The summed E-state index contributed by atoms with van der Waals surface area (Å²) in [6.45, 7) is 0. The van der Waals surface area contributed by atoms with Gasteiger partial charge in [0.15, 0.2) is 0 Å². The van der Waals surface area contributed by atoms with E-state index in [1.165, 1.54) is 0 Å². The minimum absolute atomic E-state index is 0.684. The highest BCUT2D eigenvalue weighted by Gasteiger charge is 1.62. The zero-order valence-corrected chi connectivity index (χ0v) is 3.46. The minimum Gasteiger partial charge on any atom is -0.394 e. The summed E-state index contributed by atoms with van der Waals surface area (Å²) in [5, 5.41) is 0. The van der Waals surface area contributed by atoms with Crippen LogP contribution in [0.1, 0.15) is 0 Å². The molecular weight excluding hydrogens is 69.7 g/mol. The summed E-state index contributed by atoms with van der Waals surface area (Å²) in [7, 11) is 2.57. The van der Waals surface area contributed by atoms with Gasteiger partial charge in [-0.3, -0.25) is 0 Å². The highest BCUT2D eigenvalue weighted by molar-refractivity contribution is 7.76. The molecule has 0 saturated heterocycles. The van der Waals surface area contributed by atoms with Crippen LogP contribution in [0.25, 0.3) is 0 Å². The second-order valence-corrected chi connectivity index (χ2v) is 0.676. The van der Waals surface area contributed by atoms with Gasteiger partial charge in [-0.05, 0) is 12.9 Å². The largest absolute Gasteiger partial charge is 0.394 e. The molecule has 0 aliphatic carbocycles. The Labute approximate surface area is 33.0 Å². The van der Waals surface area contributed by atoms with Gasteiger partial charge in [0.25, 0.3) is 0 Å². The van der Waals surface area contributed by atoms with Crippen LogP contribution in [0.3, 0.4) is 0 Å². The van der Waals surface area contributed by atoms with E-state index in [2.05, 4.69) is 17.0 Å². The molecule has 0 spiro atoms. The fourth-order valence-electron chi connectivity index (χ4n) is 0. The molecule has 4 heavy (non-hydrogen) atoms. The molecule has 4 heteroatoms. The predicted octanol–water partition coefficient (Wildman–Crippen LogP) is -1.25. The third-order valence-electron chi connectivity index (χ3n) is 0.129. The van der Waals surface area contributed by atoms with Gasteiger partial charge in [0.2, 0.25) is 7.37 Å². The summed E-state index contributed by atoms with van der Waals surface area (Å²) < 4.78 is 4.24. The molecule has 0 aromatic heterocycles. The van der Waals surface area contributed by atoms with Crippen molar-refractivity contribution in [1.82, 2.24) is 0 Å².